The normalized spacial score (nSPS) is 14.9. The number of benzene rings is 1. The minimum Gasteiger partial charge on any atom is -0.406 e. The van der Waals surface area contributed by atoms with E-state index in [1.165, 1.54) is 12.1 Å². The van der Waals surface area contributed by atoms with Gasteiger partial charge in [0.2, 0.25) is 5.91 Å². The van der Waals surface area contributed by atoms with Crippen LogP contribution in [-0.2, 0) is 17.5 Å². The van der Waals surface area contributed by atoms with Crippen LogP contribution in [0.4, 0.5) is 32.0 Å². The summed E-state index contributed by atoms with van der Waals surface area (Å²) in [5.74, 6) is -1.17. The van der Waals surface area contributed by atoms with E-state index in [2.05, 4.69) is 15.2 Å². The summed E-state index contributed by atoms with van der Waals surface area (Å²) in [6, 6.07) is 5.33. The molecule has 27 heavy (non-hydrogen) atoms. The number of ether oxygens (including phenoxy) is 1. The maximum Gasteiger partial charge on any atom is 0.573 e. The summed E-state index contributed by atoms with van der Waals surface area (Å²) in [6.07, 6.45) is -7.99. The molecular formula is C16H13F6N3O2. The van der Waals surface area contributed by atoms with Crippen LogP contribution in [-0.4, -0.2) is 22.1 Å². The topological polar surface area (TPSA) is 56.2 Å². The number of carbonyl (C=O) groups excluding carboxylic acids is 1. The number of carbonyl (C=O) groups is 1. The van der Waals surface area contributed by atoms with Crippen LogP contribution in [0.15, 0.2) is 30.3 Å². The largest absolute Gasteiger partial charge is 0.573 e. The van der Waals surface area contributed by atoms with E-state index in [1.807, 2.05) is 0 Å². The van der Waals surface area contributed by atoms with Gasteiger partial charge >= 0.3 is 12.5 Å². The average Bonchev–Trinajstić information content (AvgIpc) is 3.27. The van der Waals surface area contributed by atoms with Crippen LogP contribution < -0.4 is 10.1 Å². The molecule has 146 valence electrons. The zero-order chi connectivity index (χ0) is 19.8. The van der Waals surface area contributed by atoms with Gasteiger partial charge in [0.1, 0.15) is 12.3 Å². The fourth-order valence-electron chi connectivity index (χ4n) is 2.48. The third kappa shape index (κ3) is 5.14. The average molecular weight is 393 g/mol. The molecule has 1 aromatic heterocycles. The smallest absolute Gasteiger partial charge is 0.406 e. The van der Waals surface area contributed by atoms with Gasteiger partial charge in [0.25, 0.3) is 0 Å². The van der Waals surface area contributed by atoms with E-state index in [9.17, 15) is 31.1 Å². The van der Waals surface area contributed by atoms with E-state index in [0.717, 1.165) is 35.7 Å². The van der Waals surface area contributed by atoms with Gasteiger partial charge in [0.15, 0.2) is 5.69 Å². The number of aromatic nitrogens is 2. The molecule has 5 nitrogen and oxygen atoms in total. The van der Waals surface area contributed by atoms with E-state index in [-0.39, 0.29) is 11.6 Å². The van der Waals surface area contributed by atoms with Crippen LogP contribution >= 0.6 is 0 Å². The second-order valence-electron chi connectivity index (χ2n) is 6.00. The van der Waals surface area contributed by atoms with Gasteiger partial charge in [0, 0.05) is 17.3 Å². The number of nitrogens with one attached hydrogen (secondary N) is 1. The lowest BCUT2D eigenvalue weighted by Crippen LogP contribution is -2.21. The molecule has 0 aliphatic heterocycles. The van der Waals surface area contributed by atoms with Crippen LogP contribution in [0.5, 0.6) is 5.75 Å². The zero-order valence-electron chi connectivity index (χ0n) is 13.6. The Hall–Kier alpha value is -2.72. The fraction of sp³-hybridized carbons (Fsp3) is 0.375. The molecule has 11 heteroatoms. The maximum absolute atomic E-state index is 12.8. The Kier molecular flexibility index (Phi) is 4.79. The van der Waals surface area contributed by atoms with Crippen molar-refractivity contribution in [2.45, 2.75) is 37.8 Å². The van der Waals surface area contributed by atoms with Crippen molar-refractivity contribution in [1.82, 2.24) is 9.78 Å². The number of hydrogen-bond acceptors (Lipinski definition) is 3. The van der Waals surface area contributed by atoms with Crippen LogP contribution in [0.2, 0.25) is 0 Å². The highest BCUT2D eigenvalue weighted by molar-refractivity contribution is 5.90. The summed E-state index contributed by atoms with van der Waals surface area (Å²) in [6.45, 7) is -0.442. The third-order valence-electron chi connectivity index (χ3n) is 3.76. The molecule has 1 aliphatic carbocycles. The summed E-state index contributed by atoms with van der Waals surface area (Å²) >= 11 is 0. The number of hydrogen-bond donors (Lipinski definition) is 1. The molecule has 1 heterocycles. The molecule has 0 bridgehead atoms. The van der Waals surface area contributed by atoms with Crippen molar-refractivity contribution in [2.75, 3.05) is 5.32 Å². The Bertz CT molecular complexity index is 822. The molecule has 0 saturated heterocycles. The van der Waals surface area contributed by atoms with Crippen molar-refractivity contribution >= 4 is 11.6 Å². The molecular weight excluding hydrogens is 380 g/mol. The summed E-state index contributed by atoms with van der Waals surface area (Å²) in [5, 5.41) is 5.86. The highest BCUT2D eigenvalue weighted by atomic mass is 19.4. The van der Waals surface area contributed by atoms with E-state index >= 15 is 0 Å². The quantitative estimate of drug-likeness (QED) is 0.770. The van der Waals surface area contributed by atoms with Crippen LogP contribution in [0.1, 0.15) is 30.1 Å². The highest BCUT2D eigenvalue weighted by Gasteiger charge is 2.38. The lowest BCUT2D eigenvalue weighted by atomic mass is 10.2. The summed E-state index contributed by atoms with van der Waals surface area (Å²) in [4.78, 5) is 12.1. The molecule has 1 saturated carbocycles. The van der Waals surface area contributed by atoms with Gasteiger partial charge < -0.3 is 10.1 Å². The minimum atomic E-state index is -4.83. The summed E-state index contributed by atoms with van der Waals surface area (Å²) in [7, 11) is 0. The van der Waals surface area contributed by atoms with Gasteiger partial charge in [-0.3, -0.25) is 9.48 Å². The first-order chi connectivity index (χ1) is 12.5. The van der Waals surface area contributed by atoms with Gasteiger partial charge in [-0.1, -0.05) is 0 Å². The Balaban J connectivity index is 1.66. The van der Waals surface area contributed by atoms with Crippen molar-refractivity contribution < 1.29 is 35.9 Å². The second kappa shape index (κ2) is 6.78. The lowest BCUT2D eigenvalue weighted by molar-refractivity contribution is -0.274. The molecule has 2 aromatic rings. The van der Waals surface area contributed by atoms with E-state index in [1.54, 1.807) is 0 Å². The first kappa shape index (κ1) is 19.1. The highest BCUT2D eigenvalue weighted by Crippen LogP contribution is 2.42. The molecule has 0 unspecified atom stereocenters. The molecule has 1 amide bonds. The molecule has 3 rings (SSSR count). The Morgan fingerprint density at radius 2 is 1.78 bits per heavy atom. The van der Waals surface area contributed by atoms with Gasteiger partial charge in [-0.15, -0.1) is 13.2 Å². The number of amides is 1. The van der Waals surface area contributed by atoms with Gasteiger partial charge in [0.05, 0.1) is 0 Å². The lowest BCUT2D eigenvalue weighted by Gasteiger charge is -2.10. The Morgan fingerprint density at radius 1 is 1.15 bits per heavy atom. The molecule has 0 radical (unpaired) electrons. The first-order valence-electron chi connectivity index (χ1n) is 7.82. The van der Waals surface area contributed by atoms with Gasteiger partial charge in [-0.2, -0.15) is 18.3 Å². The number of anilines is 1. The van der Waals surface area contributed by atoms with Crippen molar-refractivity contribution in [2.24, 2.45) is 0 Å². The third-order valence-corrected chi connectivity index (χ3v) is 3.76. The molecule has 0 atom stereocenters. The van der Waals surface area contributed by atoms with Crippen LogP contribution in [0, 0.1) is 0 Å². The van der Waals surface area contributed by atoms with E-state index in [0.29, 0.717) is 5.69 Å². The number of halogens is 6. The summed E-state index contributed by atoms with van der Waals surface area (Å²) in [5.41, 5.74) is -0.553. The predicted molar refractivity (Wildman–Crippen MR) is 81.0 cm³/mol. The summed E-state index contributed by atoms with van der Waals surface area (Å²) < 4.78 is 79.5. The molecule has 1 aromatic carbocycles. The Morgan fingerprint density at radius 3 is 2.30 bits per heavy atom. The maximum atomic E-state index is 12.8. The standard InChI is InChI=1S/C16H13F6N3O2/c17-15(18,19)13-7-12(9-1-2-9)25(24-13)8-14(26)23-10-3-5-11(6-4-10)27-16(20,21)22/h3-7,9H,1-2,8H2,(H,23,26). The van der Waals surface area contributed by atoms with Crippen molar-refractivity contribution in [3.63, 3.8) is 0 Å². The van der Waals surface area contributed by atoms with Gasteiger partial charge in [-0.25, -0.2) is 0 Å². The zero-order valence-corrected chi connectivity index (χ0v) is 13.6. The SMILES string of the molecule is O=C(Cn1nc(C(F)(F)F)cc1C1CC1)Nc1ccc(OC(F)(F)F)cc1. The monoisotopic (exact) mass is 393 g/mol. The molecule has 0 spiro atoms. The van der Waals surface area contributed by atoms with Crippen molar-refractivity contribution in [3.05, 3.63) is 41.7 Å². The predicted octanol–water partition coefficient (Wildman–Crippen LogP) is 4.32. The number of nitrogens with zero attached hydrogens (tertiary/aromatic N) is 2. The second-order valence-corrected chi connectivity index (χ2v) is 6.00. The molecule has 1 N–H and O–H groups in total. The van der Waals surface area contributed by atoms with E-state index < -0.39 is 36.4 Å². The Labute approximate surface area is 148 Å². The fourth-order valence-corrected chi connectivity index (χ4v) is 2.48. The number of alkyl halides is 6. The first-order valence-corrected chi connectivity index (χ1v) is 7.82. The van der Waals surface area contributed by atoms with Crippen LogP contribution in [0.3, 0.4) is 0 Å². The van der Waals surface area contributed by atoms with E-state index in [4.69, 9.17) is 0 Å². The van der Waals surface area contributed by atoms with Crippen LogP contribution in [0.25, 0.3) is 0 Å². The minimum absolute atomic E-state index is 0.0554. The van der Waals surface area contributed by atoms with Crippen molar-refractivity contribution in [1.29, 1.82) is 0 Å². The number of rotatable bonds is 5. The van der Waals surface area contributed by atoms with Gasteiger partial charge in [-0.05, 0) is 43.2 Å². The van der Waals surface area contributed by atoms with Crippen molar-refractivity contribution in [3.8, 4) is 5.75 Å². The molecule has 1 fully saturated rings. The molecule has 1 aliphatic rings.